The Labute approximate surface area is 241 Å². The molecule has 41 heavy (non-hydrogen) atoms. The van der Waals surface area contributed by atoms with Gasteiger partial charge in [0.25, 0.3) is 0 Å². The van der Waals surface area contributed by atoms with Crippen molar-refractivity contribution >= 4 is 21.5 Å². The Morgan fingerprint density at radius 3 is 1.44 bits per heavy atom. The molecule has 0 radical (unpaired) electrons. The second kappa shape index (κ2) is 10.8. The van der Waals surface area contributed by atoms with Gasteiger partial charge in [0, 0.05) is 17.5 Å². The number of fused-ring (bicyclic) bond motifs is 2. The molecule has 0 aromatic heterocycles. The molecule has 1 heterocycles. The maximum Gasteiger partial charge on any atom is 0.123 e. The summed E-state index contributed by atoms with van der Waals surface area (Å²) in [6, 6.07) is 21.6. The van der Waals surface area contributed by atoms with Gasteiger partial charge in [-0.15, -0.1) is 0 Å². The first-order chi connectivity index (χ1) is 20.2. The predicted molar refractivity (Wildman–Crippen MR) is 161 cm³/mol. The summed E-state index contributed by atoms with van der Waals surface area (Å²) in [6.45, 7) is 3.72. The molecule has 8 rings (SSSR count). The van der Waals surface area contributed by atoms with Crippen LogP contribution in [0.1, 0.15) is 49.7 Å². The molecule has 0 amide bonds. The number of rotatable bonds is 14. The summed E-state index contributed by atoms with van der Waals surface area (Å²) in [5.41, 5.74) is 2.38. The van der Waals surface area contributed by atoms with E-state index in [9.17, 15) is 0 Å². The molecule has 1 atom stereocenters. The highest BCUT2D eigenvalue weighted by Crippen LogP contribution is 2.40. The minimum Gasteiger partial charge on any atom is -0.493 e. The summed E-state index contributed by atoms with van der Waals surface area (Å²) in [4.78, 5) is 0. The first kappa shape index (κ1) is 25.3. The van der Waals surface area contributed by atoms with Gasteiger partial charge in [0.2, 0.25) is 0 Å². The maximum absolute atomic E-state index is 6.52. The van der Waals surface area contributed by atoms with Gasteiger partial charge in [0.1, 0.15) is 35.7 Å². The highest BCUT2D eigenvalue weighted by atomic mass is 16.6. The summed E-state index contributed by atoms with van der Waals surface area (Å²) in [7, 11) is 0. The van der Waals surface area contributed by atoms with Gasteiger partial charge in [-0.25, -0.2) is 0 Å². The van der Waals surface area contributed by atoms with Crippen molar-refractivity contribution in [1.29, 1.82) is 0 Å². The van der Waals surface area contributed by atoms with Gasteiger partial charge in [0.15, 0.2) is 0 Å². The fourth-order valence-electron chi connectivity index (χ4n) is 5.51. The smallest absolute Gasteiger partial charge is 0.123 e. The van der Waals surface area contributed by atoms with E-state index < -0.39 is 0 Å². The van der Waals surface area contributed by atoms with Crippen LogP contribution in [0.5, 0.6) is 23.0 Å². The topological polar surface area (TPSA) is 49.5 Å². The van der Waals surface area contributed by atoms with E-state index in [1.807, 2.05) is 0 Å². The van der Waals surface area contributed by atoms with Gasteiger partial charge in [-0.1, -0.05) is 24.3 Å². The summed E-state index contributed by atoms with van der Waals surface area (Å²) >= 11 is 0. The zero-order valence-electron chi connectivity index (χ0n) is 23.6. The van der Waals surface area contributed by atoms with Crippen molar-refractivity contribution in [3.8, 4) is 23.0 Å². The van der Waals surface area contributed by atoms with Crippen LogP contribution in [0.4, 0.5) is 0 Å². The molecule has 4 aromatic rings. The third-order valence-corrected chi connectivity index (χ3v) is 8.84. The van der Waals surface area contributed by atoms with E-state index >= 15 is 0 Å². The van der Waals surface area contributed by atoms with Gasteiger partial charge in [-0.2, -0.15) is 0 Å². The molecule has 4 aromatic carbocycles. The van der Waals surface area contributed by atoms with E-state index in [0.717, 1.165) is 49.4 Å². The van der Waals surface area contributed by atoms with Crippen molar-refractivity contribution in [2.45, 2.75) is 51.0 Å². The normalized spacial score (nSPS) is 19.9. The minimum atomic E-state index is 0.219. The molecule has 3 saturated carbocycles. The highest BCUT2D eigenvalue weighted by molar-refractivity contribution is 5.93. The molecule has 1 saturated heterocycles. The SMILES string of the molecule is c1cc2ccc(OCC3CC3)c(Cc3c(OCC4CC4)ccc4ccc(OCC5CO5)cc34)c2cc1OCC1CC1. The highest BCUT2D eigenvalue weighted by Gasteiger charge is 2.26. The van der Waals surface area contributed by atoms with Crippen LogP contribution in [0.25, 0.3) is 21.5 Å². The number of hydrogen-bond donors (Lipinski definition) is 0. The summed E-state index contributed by atoms with van der Waals surface area (Å²) in [6.07, 6.45) is 8.53. The molecule has 5 nitrogen and oxygen atoms in total. The van der Waals surface area contributed by atoms with Gasteiger partial charge >= 0.3 is 0 Å². The molecule has 212 valence electrons. The molecule has 0 N–H and O–H groups in total. The molecule has 3 aliphatic carbocycles. The van der Waals surface area contributed by atoms with Crippen molar-refractivity contribution in [2.75, 3.05) is 33.0 Å². The Balaban J connectivity index is 1.21. The molecule has 5 heteroatoms. The van der Waals surface area contributed by atoms with E-state index in [1.165, 1.54) is 71.2 Å². The van der Waals surface area contributed by atoms with Crippen molar-refractivity contribution in [1.82, 2.24) is 0 Å². The van der Waals surface area contributed by atoms with Crippen LogP contribution in [0.15, 0.2) is 60.7 Å². The Bertz CT molecular complexity index is 1430. The lowest BCUT2D eigenvalue weighted by Gasteiger charge is -2.19. The van der Waals surface area contributed by atoms with Gasteiger partial charge in [0.05, 0.1) is 26.4 Å². The number of benzene rings is 4. The zero-order chi connectivity index (χ0) is 27.2. The standard InChI is InChI=1S/C36H38O5/c1-2-23(1)18-37-28-11-7-26-9-13-35(40-19-24-3-4-24)33(31(26)15-28)17-34-32-16-29(38-21-30-22-39-30)12-8-27(32)10-14-36(34)41-20-25-5-6-25/h7-16,23-25,30H,1-6,17-22H2. The van der Waals surface area contributed by atoms with E-state index in [2.05, 4.69) is 60.7 Å². The van der Waals surface area contributed by atoms with Crippen LogP contribution in [0, 0.1) is 17.8 Å². The van der Waals surface area contributed by atoms with Crippen molar-refractivity contribution in [3.63, 3.8) is 0 Å². The van der Waals surface area contributed by atoms with Gasteiger partial charge in [-0.3, -0.25) is 0 Å². The predicted octanol–water partition coefficient (Wildman–Crippen LogP) is 7.73. The second-order valence-electron chi connectivity index (χ2n) is 12.6. The van der Waals surface area contributed by atoms with Crippen LogP contribution < -0.4 is 18.9 Å². The van der Waals surface area contributed by atoms with Crippen LogP contribution in [0.2, 0.25) is 0 Å². The zero-order valence-corrected chi connectivity index (χ0v) is 23.6. The van der Waals surface area contributed by atoms with Crippen molar-refractivity contribution < 1.29 is 23.7 Å². The fraction of sp³-hybridized carbons (Fsp3) is 0.444. The molecule has 4 fully saturated rings. The van der Waals surface area contributed by atoms with Crippen LogP contribution in [-0.4, -0.2) is 39.1 Å². The molecule has 0 bridgehead atoms. The lowest BCUT2D eigenvalue weighted by atomic mass is 9.93. The monoisotopic (exact) mass is 550 g/mol. The Hall–Kier alpha value is -3.44. The maximum atomic E-state index is 6.52. The van der Waals surface area contributed by atoms with Gasteiger partial charge < -0.3 is 23.7 Å². The minimum absolute atomic E-state index is 0.219. The first-order valence-electron chi connectivity index (χ1n) is 15.5. The molecular weight excluding hydrogens is 512 g/mol. The lowest BCUT2D eigenvalue weighted by Crippen LogP contribution is -2.07. The number of epoxide rings is 1. The van der Waals surface area contributed by atoms with E-state index in [0.29, 0.717) is 30.8 Å². The molecule has 1 aliphatic heterocycles. The van der Waals surface area contributed by atoms with Crippen LogP contribution in [0.3, 0.4) is 0 Å². The Morgan fingerprint density at radius 2 is 0.976 bits per heavy atom. The second-order valence-corrected chi connectivity index (χ2v) is 12.6. The van der Waals surface area contributed by atoms with Crippen LogP contribution in [-0.2, 0) is 11.2 Å². The molecule has 1 unspecified atom stereocenters. The first-order valence-corrected chi connectivity index (χ1v) is 15.5. The average molecular weight is 551 g/mol. The van der Waals surface area contributed by atoms with Gasteiger partial charge in [-0.05, 0) is 114 Å². The molecule has 4 aliphatic rings. The summed E-state index contributed by atoms with van der Waals surface area (Å²) < 4.78 is 30.8. The largest absolute Gasteiger partial charge is 0.493 e. The molecule has 0 spiro atoms. The number of hydrogen-bond acceptors (Lipinski definition) is 5. The van der Waals surface area contributed by atoms with Crippen molar-refractivity contribution in [2.24, 2.45) is 17.8 Å². The summed E-state index contributed by atoms with van der Waals surface area (Å²) in [5, 5.41) is 4.74. The Kier molecular flexibility index (Phi) is 6.63. The Morgan fingerprint density at radius 1 is 0.537 bits per heavy atom. The van der Waals surface area contributed by atoms with E-state index in [4.69, 9.17) is 23.7 Å². The summed E-state index contributed by atoms with van der Waals surface area (Å²) in [5.74, 6) is 5.79. The third kappa shape index (κ3) is 6.11. The fourth-order valence-corrected chi connectivity index (χ4v) is 5.51. The van der Waals surface area contributed by atoms with E-state index in [-0.39, 0.29) is 6.10 Å². The third-order valence-electron chi connectivity index (χ3n) is 8.84. The number of ether oxygens (including phenoxy) is 5. The molecular formula is C36H38O5. The quantitative estimate of drug-likeness (QED) is 0.150. The lowest BCUT2D eigenvalue weighted by molar-refractivity contribution is 0.263. The van der Waals surface area contributed by atoms with Crippen LogP contribution >= 0.6 is 0 Å². The van der Waals surface area contributed by atoms with Crippen molar-refractivity contribution in [3.05, 3.63) is 71.8 Å². The average Bonchev–Trinajstić information content (AvgIpc) is 3.83. The van der Waals surface area contributed by atoms with E-state index in [1.54, 1.807) is 0 Å².